The van der Waals surface area contributed by atoms with E-state index in [1.165, 1.54) is 9.40 Å². The van der Waals surface area contributed by atoms with Gasteiger partial charge in [-0.3, -0.25) is 4.79 Å². The monoisotopic (exact) mass is 236 g/mol. The average Bonchev–Trinajstić information content (AvgIpc) is 2.80. The first kappa shape index (κ1) is 8.94. The molecule has 0 fully saturated rings. The van der Waals surface area contributed by atoms with Crippen LogP contribution in [0.5, 0.6) is 0 Å². The zero-order valence-electron chi connectivity index (χ0n) is 7.74. The van der Waals surface area contributed by atoms with Crippen LogP contribution in [-0.4, -0.2) is 12.5 Å². The van der Waals surface area contributed by atoms with E-state index in [0.29, 0.717) is 17.8 Å². The van der Waals surface area contributed by atoms with Crippen LogP contribution >= 0.6 is 22.7 Å². The first-order chi connectivity index (χ1) is 7.25. The van der Waals surface area contributed by atoms with Gasteiger partial charge in [0.05, 0.1) is 12.1 Å². The fourth-order valence-electron chi connectivity index (χ4n) is 1.66. The van der Waals surface area contributed by atoms with Crippen LogP contribution in [0.4, 0.5) is 0 Å². The van der Waals surface area contributed by atoms with Crippen molar-refractivity contribution in [2.24, 2.45) is 5.73 Å². The van der Waals surface area contributed by atoms with Gasteiger partial charge in [0.15, 0.2) is 0 Å². The molecule has 3 nitrogen and oxygen atoms in total. The first-order valence-corrected chi connectivity index (χ1v) is 6.19. The van der Waals surface area contributed by atoms with E-state index in [-0.39, 0.29) is 5.91 Å². The summed E-state index contributed by atoms with van der Waals surface area (Å²) in [7, 11) is 0. The van der Waals surface area contributed by atoms with Crippen molar-refractivity contribution < 1.29 is 4.79 Å². The van der Waals surface area contributed by atoms with Crippen LogP contribution in [-0.2, 0) is 4.79 Å². The predicted molar refractivity (Wildman–Crippen MR) is 63.8 cm³/mol. The fourth-order valence-corrected chi connectivity index (χ4v) is 3.84. The molecule has 3 heterocycles. The molecule has 2 aromatic heterocycles. The van der Waals surface area contributed by atoms with Gasteiger partial charge in [0.2, 0.25) is 0 Å². The third-order valence-electron chi connectivity index (χ3n) is 2.37. The lowest BCUT2D eigenvalue weighted by atomic mass is 10.2. The van der Waals surface area contributed by atoms with Crippen LogP contribution in [0.25, 0.3) is 15.0 Å². The van der Waals surface area contributed by atoms with Crippen molar-refractivity contribution in [1.29, 1.82) is 0 Å². The minimum atomic E-state index is -0.0543. The molecule has 15 heavy (non-hydrogen) atoms. The summed E-state index contributed by atoms with van der Waals surface area (Å²) < 4.78 is 2.44. The van der Waals surface area contributed by atoms with Gasteiger partial charge in [-0.05, 0) is 17.5 Å². The minimum absolute atomic E-state index is 0.0543. The van der Waals surface area contributed by atoms with Gasteiger partial charge in [-0.25, -0.2) is 0 Å². The lowest BCUT2D eigenvalue weighted by Gasteiger charge is -1.95. The number of thiophene rings is 2. The van der Waals surface area contributed by atoms with Crippen molar-refractivity contribution >= 4 is 43.6 Å². The largest absolute Gasteiger partial charge is 0.400 e. The summed E-state index contributed by atoms with van der Waals surface area (Å²) in [4.78, 5) is 12.5. The van der Waals surface area contributed by atoms with E-state index < -0.39 is 0 Å². The van der Waals surface area contributed by atoms with Crippen molar-refractivity contribution in [2.45, 2.75) is 0 Å². The Labute approximate surface area is 94.2 Å². The molecule has 0 bridgehead atoms. The number of carbonyl (C=O) groups excluding carboxylic acids is 1. The summed E-state index contributed by atoms with van der Waals surface area (Å²) in [6.07, 6.45) is 0. The van der Waals surface area contributed by atoms with E-state index in [9.17, 15) is 4.79 Å². The topological polar surface area (TPSA) is 55.1 Å². The molecule has 3 rings (SSSR count). The zero-order chi connectivity index (χ0) is 10.4. The molecule has 0 saturated carbocycles. The van der Waals surface area contributed by atoms with Crippen molar-refractivity contribution in [2.75, 3.05) is 6.54 Å². The number of hydrogen-bond donors (Lipinski definition) is 2. The summed E-state index contributed by atoms with van der Waals surface area (Å²) in [5.74, 6) is -0.0543. The summed E-state index contributed by atoms with van der Waals surface area (Å²) in [6.45, 7) is 0.472. The molecule has 0 atom stereocenters. The molecule has 0 radical (unpaired) electrons. The number of rotatable bonds is 1. The lowest BCUT2D eigenvalue weighted by molar-refractivity contribution is -0.114. The minimum Gasteiger partial charge on any atom is -0.400 e. The number of amides is 1. The lowest BCUT2D eigenvalue weighted by Crippen LogP contribution is -2.17. The molecule has 0 aromatic carbocycles. The Morgan fingerprint density at radius 2 is 2.27 bits per heavy atom. The van der Waals surface area contributed by atoms with Gasteiger partial charge in [-0.2, -0.15) is 0 Å². The molecule has 0 unspecified atom stereocenters. The van der Waals surface area contributed by atoms with E-state index in [0.717, 1.165) is 4.88 Å². The van der Waals surface area contributed by atoms with Crippen LogP contribution in [0.15, 0.2) is 23.2 Å². The Kier molecular flexibility index (Phi) is 1.83. The van der Waals surface area contributed by atoms with Crippen molar-refractivity contribution in [3.8, 4) is 0 Å². The Morgan fingerprint density at radius 3 is 2.93 bits per heavy atom. The van der Waals surface area contributed by atoms with Gasteiger partial charge in [0.25, 0.3) is 5.91 Å². The Bertz CT molecular complexity index is 551. The van der Waals surface area contributed by atoms with Crippen LogP contribution < -0.4 is 11.1 Å². The maximum absolute atomic E-state index is 11.5. The molecule has 76 valence electrons. The normalized spacial score (nSPS) is 16.4. The molecular formula is C10H8N2OS2. The molecule has 1 aliphatic heterocycles. The molecular weight excluding hydrogens is 228 g/mol. The standard InChI is InChI=1S/C10H8N2OS2/c11-5-4-12-10(13)9(5)8-3-7-6(15-8)1-2-14-7/h1-3H,4,11H2,(H,12,13). The molecule has 3 N–H and O–H groups in total. The van der Waals surface area contributed by atoms with Gasteiger partial charge < -0.3 is 11.1 Å². The van der Waals surface area contributed by atoms with E-state index in [1.54, 1.807) is 22.7 Å². The first-order valence-electron chi connectivity index (χ1n) is 4.50. The highest BCUT2D eigenvalue weighted by molar-refractivity contribution is 7.27. The summed E-state index contributed by atoms with van der Waals surface area (Å²) in [6, 6.07) is 4.11. The number of nitrogens with one attached hydrogen (secondary N) is 1. The highest BCUT2D eigenvalue weighted by atomic mass is 32.1. The third-order valence-corrected chi connectivity index (χ3v) is 4.48. The number of fused-ring (bicyclic) bond motifs is 1. The van der Waals surface area contributed by atoms with Gasteiger partial charge in [-0.15, -0.1) is 22.7 Å². The molecule has 0 aliphatic carbocycles. The number of hydrogen-bond acceptors (Lipinski definition) is 4. The third kappa shape index (κ3) is 1.27. The Hall–Kier alpha value is -1.33. The molecule has 0 saturated heterocycles. The summed E-state index contributed by atoms with van der Waals surface area (Å²) in [5, 5.41) is 4.78. The van der Waals surface area contributed by atoms with Gasteiger partial charge in [-0.1, -0.05) is 0 Å². The highest BCUT2D eigenvalue weighted by Gasteiger charge is 2.23. The van der Waals surface area contributed by atoms with Crippen LogP contribution in [0, 0.1) is 0 Å². The van der Waals surface area contributed by atoms with Gasteiger partial charge in [0, 0.05) is 20.0 Å². The van der Waals surface area contributed by atoms with Crippen LogP contribution in [0.1, 0.15) is 4.88 Å². The highest BCUT2D eigenvalue weighted by Crippen LogP contribution is 2.35. The van der Waals surface area contributed by atoms with Crippen molar-refractivity contribution in [3.05, 3.63) is 28.1 Å². The molecule has 5 heteroatoms. The maximum Gasteiger partial charge on any atom is 0.254 e. The predicted octanol–water partition coefficient (Wildman–Crippen LogP) is 1.76. The quantitative estimate of drug-likeness (QED) is 0.792. The smallest absolute Gasteiger partial charge is 0.254 e. The average molecular weight is 236 g/mol. The van der Waals surface area contributed by atoms with E-state index in [2.05, 4.69) is 16.8 Å². The second kappa shape index (κ2) is 3.08. The van der Waals surface area contributed by atoms with Crippen molar-refractivity contribution in [3.63, 3.8) is 0 Å². The number of nitrogens with two attached hydrogens (primary N) is 1. The molecule has 2 aromatic rings. The summed E-state index contributed by atoms with van der Waals surface area (Å²) in [5.41, 5.74) is 7.10. The van der Waals surface area contributed by atoms with E-state index in [4.69, 9.17) is 5.73 Å². The zero-order valence-corrected chi connectivity index (χ0v) is 9.37. The second-order valence-corrected chi connectivity index (χ2v) is 5.37. The Morgan fingerprint density at radius 1 is 1.40 bits per heavy atom. The molecule has 1 aliphatic rings. The van der Waals surface area contributed by atoms with Gasteiger partial charge in [0.1, 0.15) is 0 Å². The maximum atomic E-state index is 11.5. The molecule has 0 spiro atoms. The molecule has 1 amide bonds. The van der Waals surface area contributed by atoms with Gasteiger partial charge >= 0.3 is 0 Å². The SMILES string of the molecule is NC1=C(c2cc3sccc3s2)C(=O)NC1. The van der Waals surface area contributed by atoms with E-state index in [1.807, 2.05) is 6.07 Å². The Balaban J connectivity index is 2.18. The fraction of sp³-hybridized carbons (Fsp3) is 0.100. The number of carbonyl (C=O) groups is 1. The summed E-state index contributed by atoms with van der Waals surface area (Å²) >= 11 is 3.31. The van der Waals surface area contributed by atoms with Crippen molar-refractivity contribution in [1.82, 2.24) is 5.32 Å². The van der Waals surface area contributed by atoms with E-state index >= 15 is 0 Å². The van der Waals surface area contributed by atoms with Crippen LogP contribution in [0.2, 0.25) is 0 Å². The second-order valence-electron chi connectivity index (χ2n) is 3.34. The van der Waals surface area contributed by atoms with Crippen LogP contribution in [0.3, 0.4) is 0 Å².